The third kappa shape index (κ3) is 9.10. The van der Waals surface area contributed by atoms with E-state index in [0.29, 0.717) is 19.0 Å². The maximum atomic E-state index is 13.5. The van der Waals surface area contributed by atoms with Crippen molar-refractivity contribution in [1.82, 2.24) is 14.5 Å². The van der Waals surface area contributed by atoms with Crippen LogP contribution in [0, 0.1) is 0 Å². The summed E-state index contributed by atoms with van der Waals surface area (Å²) in [6, 6.07) is 14.9. The molecule has 1 heterocycles. The molecule has 0 spiro atoms. The van der Waals surface area contributed by atoms with Crippen molar-refractivity contribution < 1.29 is 36.3 Å². The third-order valence-corrected chi connectivity index (χ3v) is 7.80. The first-order chi connectivity index (χ1) is 17.8. The van der Waals surface area contributed by atoms with Gasteiger partial charge in [0, 0.05) is 32.7 Å². The highest BCUT2D eigenvalue weighted by molar-refractivity contribution is 7.89. The van der Waals surface area contributed by atoms with E-state index in [2.05, 4.69) is 26.1 Å². The molecule has 1 fully saturated rings. The lowest BCUT2D eigenvalue weighted by atomic mass is 10.0. The zero-order valence-corrected chi connectivity index (χ0v) is 22.5. The molecule has 8 nitrogen and oxygen atoms in total. The number of amides is 1. The molecule has 1 aliphatic rings. The summed E-state index contributed by atoms with van der Waals surface area (Å²) in [6.45, 7) is 8.88. The number of piperazine rings is 1. The summed E-state index contributed by atoms with van der Waals surface area (Å²) < 4.78 is 60.0. The predicted molar refractivity (Wildman–Crippen MR) is 137 cm³/mol. The summed E-state index contributed by atoms with van der Waals surface area (Å²) in [7, 11) is -3.82. The largest absolute Gasteiger partial charge is 0.490 e. The molecule has 210 valence electrons. The molecule has 3 rings (SSSR count). The summed E-state index contributed by atoms with van der Waals surface area (Å²) in [5, 5.41) is 10.3. The number of hydrogen-bond donors (Lipinski definition) is 2. The van der Waals surface area contributed by atoms with Crippen molar-refractivity contribution in [1.29, 1.82) is 0 Å². The van der Waals surface area contributed by atoms with Gasteiger partial charge >= 0.3 is 12.1 Å². The zero-order valence-electron chi connectivity index (χ0n) is 21.7. The minimum absolute atomic E-state index is 0.158. The summed E-state index contributed by atoms with van der Waals surface area (Å²) in [4.78, 5) is 23.8. The van der Waals surface area contributed by atoms with Gasteiger partial charge in [0.15, 0.2) is 0 Å². The summed E-state index contributed by atoms with van der Waals surface area (Å²) in [5.74, 6) is -2.60. The molecule has 0 saturated carbocycles. The molecule has 0 atom stereocenters. The van der Waals surface area contributed by atoms with Crippen LogP contribution in [0.15, 0.2) is 53.4 Å². The van der Waals surface area contributed by atoms with Crippen molar-refractivity contribution in [2.24, 2.45) is 0 Å². The third-order valence-electron chi connectivity index (χ3n) is 6.00. The number of nitrogens with one attached hydrogen (secondary N) is 1. The van der Waals surface area contributed by atoms with E-state index < -0.39 is 22.2 Å². The van der Waals surface area contributed by atoms with E-state index in [9.17, 15) is 26.4 Å². The number of carboxylic acid groups (broad SMARTS) is 1. The van der Waals surface area contributed by atoms with E-state index in [1.165, 1.54) is 9.87 Å². The molecule has 0 aromatic heterocycles. The average molecular weight is 558 g/mol. The number of carbonyl (C=O) groups is 2. The van der Waals surface area contributed by atoms with Crippen molar-refractivity contribution in [2.45, 2.75) is 50.7 Å². The van der Waals surface area contributed by atoms with Crippen LogP contribution in [0.4, 0.5) is 13.2 Å². The number of benzene rings is 2. The maximum Gasteiger partial charge on any atom is 0.490 e. The van der Waals surface area contributed by atoms with Crippen LogP contribution >= 0.6 is 0 Å². The normalized spacial score (nSPS) is 14.3. The number of carbonyl (C=O) groups excluding carboxylic acids is 1. The number of sulfonamides is 1. The Balaban J connectivity index is 0.000000638. The fraction of sp³-hybridized carbons (Fsp3) is 0.462. The monoisotopic (exact) mass is 557 g/mol. The highest BCUT2D eigenvalue weighted by atomic mass is 32.2. The number of nitrogens with zero attached hydrogens (tertiary/aromatic N) is 2. The molecule has 2 N–H and O–H groups in total. The van der Waals surface area contributed by atoms with Gasteiger partial charge in [0.2, 0.25) is 15.9 Å². The first-order valence-corrected chi connectivity index (χ1v) is 13.7. The number of hydrogen-bond acceptors (Lipinski definition) is 5. The van der Waals surface area contributed by atoms with Crippen LogP contribution < -0.4 is 5.32 Å². The second-order valence-electron chi connectivity index (χ2n) is 9.10. The van der Waals surface area contributed by atoms with Gasteiger partial charge in [-0.15, -0.1) is 0 Å². The number of rotatable bonds is 8. The number of alkyl halides is 3. The molecule has 0 aliphatic carbocycles. The highest BCUT2D eigenvalue weighted by Crippen LogP contribution is 2.22. The molecule has 1 aliphatic heterocycles. The lowest BCUT2D eigenvalue weighted by Gasteiger charge is -2.30. The van der Waals surface area contributed by atoms with Crippen molar-refractivity contribution in [3.63, 3.8) is 0 Å². The zero-order chi connectivity index (χ0) is 28.5. The van der Waals surface area contributed by atoms with Crippen LogP contribution in [0.3, 0.4) is 0 Å². The van der Waals surface area contributed by atoms with Crippen LogP contribution in [-0.2, 0) is 32.6 Å². The lowest BCUT2D eigenvalue weighted by molar-refractivity contribution is -0.192. The molecular formula is C26H34F3N3O5S. The Labute approximate surface area is 221 Å². The van der Waals surface area contributed by atoms with Crippen LogP contribution in [0.25, 0.3) is 0 Å². The maximum absolute atomic E-state index is 13.5. The number of carboxylic acids is 1. The second kappa shape index (κ2) is 13.7. The average Bonchev–Trinajstić information content (AvgIpc) is 2.89. The molecule has 0 bridgehead atoms. The smallest absolute Gasteiger partial charge is 0.475 e. The highest BCUT2D eigenvalue weighted by Gasteiger charge is 2.38. The van der Waals surface area contributed by atoms with Gasteiger partial charge in [-0.3, -0.25) is 4.79 Å². The van der Waals surface area contributed by atoms with E-state index >= 15 is 0 Å². The van der Waals surface area contributed by atoms with Crippen molar-refractivity contribution >= 4 is 21.9 Å². The van der Waals surface area contributed by atoms with Gasteiger partial charge in [0.25, 0.3) is 0 Å². The van der Waals surface area contributed by atoms with Crippen LogP contribution in [0.2, 0.25) is 0 Å². The minimum Gasteiger partial charge on any atom is -0.475 e. The van der Waals surface area contributed by atoms with Crippen LogP contribution in [0.1, 0.15) is 43.4 Å². The minimum atomic E-state index is -5.08. The fourth-order valence-electron chi connectivity index (χ4n) is 3.65. The first kappa shape index (κ1) is 31.3. The fourth-order valence-corrected chi connectivity index (χ4v) is 5.03. The van der Waals surface area contributed by atoms with E-state index in [1.54, 1.807) is 17.0 Å². The van der Waals surface area contributed by atoms with E-state index in [1.807, 2.05) is 36.4 Å². The number of aliphatic carboxylic acids is 1. The summed E-state index contributed by atoms with van der Waals surface area (Å²) >= 11 is 0. The first-order valence-electron chi connectivity index (χ1n) is 12.2. The van der Waals surface area contributed by atoms with Crippen LogP contribution in [0.5, 0.6) is 0 Å². The van der Waals surface area contributed by atoms with Gasteiger partial charge in [0.05, 0.1) is 11.4 Å². The van der Waals surface area contributed by atoms with Crippen molar-refractivity contribution in [2.75, 3.05) is 32.7 Å². The van der Waals surface area contributed by atoms with Crippen molar-refractivity contribution in [3.8, 4) is 0 Å². The Morgan fingerprint density at radius 2 is 1.50 bits per heavy atom. The van der Waals surface area contributed by atoms with Gasteiger partial charge in [0.1, 0.15) is 0 Å². The van der Waals surface area contributed by atoms with Gasteiger partial charge in [-0.2, -0.15) is 17.5 Å². The second-order valence-corrected chi connectivity index (χ2v) is 11.0. The lowest BCUT2D eigenvalue weighted by Crippen LogP contribution is -2.50. The standard InChI is InChI=1S/C24H33N3O3S.C2HF3O2/c1-4-20-5-7-21(8-6-20)17-27(18-24(28)26-15-13-25-14-16-26)31(29,30)23-11-9-22(10-12-23)19(2)3;3-2(4,5)1(6)7/h5-12,19,25H,4,13-18H2,1-3H3;(H,6,7). The Morgan fingerprint density at radius 1 is 1.00 bits per heavy atom. The molecule has 2 aromatic rings. The molecule has 12 heteroatoms. The Kier molecular flexibility index (Phi) is 11.3. The summed E-state index contributed by atoms with van der Waals surface area (Å²) in [5.41, 5.74) is 3.14. The SMILES string of the molecule is CCc1ccc(CN(CC(=O)N2CCNCC2)S(=O)(=O)c2ccc(C(C)C)cc2)cc1.O=C(O)C(F)(F)F. The topological polar surface area (TPSA) is 107 Å². The molecule has 0 unspecified atom stereocenters. The molecular weight excluding hydrogens is 523 g/mol. The molecule has 0 radical (unpaired) electrons. The molecule has 1 amide bonds. The Morgan fingerprint density at radius 3 is 1.95 bits per heavy atom. The van der Waals surface area contributed by atoms with Crippen molar-refractivity contribution in [3.05, 3.63) is 65.2 Å². The quantitative estimate of drug-likeness (QED) is 0.514. The van der Waals surface area contributed by atoms with Gasteiger partial charge in [-0.1, -0.05) is 57.2 Å². The molecule has 2 aromatic carbocycles. The Bertz CT molecular complexity index is 1160. The van der Waals surface area contributed by atoms with E-state index in [0.717, 1.165) is 30.6 Å². The number of halogens is 3. The van der Waals surface area contributed by atoms with Gasteiger partial charge in [-0.25, -0.2) is 13.2 Å². The van der Waals surface area contributed by atoms with E-state index in [-0.39, 0.29) is 23.9 Å². The predicted octanol–water partition coefficient (Wildman–Crippen LogP) is 3.63. The Hall–Kier alpha value is -2.96. The van der Waals surface area contributed by atoms with Crippen LogP contribution in [-0.4, -0.2) is 73.5 Å². The molecule has 1 saturated heterocycles. The number of aryl methyl sites for hydroxylation is 1. The van der Waals surface area contributed by atoms with E-state index in [4.69, 9.17) is 9.90 Å². The van der Waals surface area contributed by atoms with Gasteiger partial charge in [-0.05, 0) is 41.2 Å². The van der Waals surface area contributed by atoms with Gasteiger partial charge < -0.3 is 15.3 Å². The molecule has 38 heavy (non-hydrogen) atoms. The summed E-state index contributed by atoms with van der Waals surface area (Å²) in [6.07, 6.45) is -4.16.